The summed E-state index contributed by atoms with van der Waals surface area (Å²) in [6.45, 7) is 10.6. The van der Waals surface area contributed by atoms with Gasteiger partial charge in [0.2, 0.25) is 0 Å². The number of rotatable bonds is 10. The van der Waals surface area contributed by atoms with Crippen LogP contribution in [0, 0.1) is 5.92 Å². The first kappa shape index (κ1) is 16.0. The van der Waals surface area contributed by atoms with Crippen LogP contribution in [-0.4, -0.2) is 26.4 Å². The van der Waals surface area contributed by atoms with Crippen LogP contribution in [0.25, 0.3) is 0 Å². The van der Waals surface area contributed by atoms with E-state index in [1.165, 1.54) is 5.56 Å². The molecule has 1 N–H and O–H groups in total. The monoisotopic (exact) mass is 265 g/mol. The van der Waals surface area contributed by atoms with E-state index in [0.717, 1.165) is 31.9 Å². The van der Waals surface area contributed by atoms with Crippen LogP contribution in [0.3, 0.4) is 0 Å². The number of ether oxygens (including phenoxy) is 2. The first-order valence-electron chi connectivity index (χ1n) is 7.22. The maximum atomic E-state index is 5.60. The van der Waals surface area contributed by atoms with E-state index in [1.54, 1.807) is 0 Å². The average Bonchev–Trinajstić information content (AvgIpc) is 2.40. The van der Waals surface area contributed by atoms with E-state index in [9.17, 15) is 0 Å². The summed E-state index contributed by atoms with van der Waals surface area (Å²) in [7, 11) is 0. The summed E-state index contributed by atoms with van der Waals surface area (Å²) >= 11 is 0. The molecule has 0 aliphatic heterocycles. The summed E-state index contributed by atoms with van der Waals surface area (Å²) in [5.74, 6) is 1.60. The van der Waals surface area contributed by atoms with E-state index in [4.69, 9.17) is 9.47 Å². The third-order valence-electron chi connectivity index (χ3n) is 2.65. The smallest absolute Gasteiger partial charge is 0.119 e. The zero-order valence-corrected chi connectivity index (χ0v) is 12.4. The molecule has 1 aromatic rings. The highest BCUT2D eigenvalue weighted by Crippen LogP contribution is 2.12. The molecule has 0 aromatic heterocycles. The molecule has 0 atom stereocenters. The highest BCUT2D eigenvalue weighted by atomic mass is 16.5. The van der Waals surface area contributed by atoms with E-state index in [0.29, 0.717) is 19.1 Å². The topological polar surface area (TPSA) is 30.5 Å². The quantitative estimate of drug-likeness (QED) is 0.659. The maximum absolute atomic E-state index is 5.60. The zero-order valence-electron chi connectivity index (χ0n) is 12.4. The van der Waals surface area contributed by atoms with Gasteiger partial charge in [0.05, 0.1) is 6.61 Å². The first-order valence-corrected chi connectivity index (χ1v) is 7.22. The van der Waals surface area contributed by atoms with Crippen molar-refractivity contribution in [3.05, 3.63) is 29.8 Å². The molecule has 0 heterocycles. The van der Waals surface area contributed by atoms with E-state index in [2.05, 4.69) is 38.2 Å². The first-order chi connectivity index (χ1) is 9.22. The third-order valence-corrected chi connectivity index (χ3v) is 2.65. The van der Waals surface area contributed by atoms with Crippen LogP contribution in [0.15, 0.2) is 24.3 Å². The third kappa shape index (κ3) is 7.85. The Morgan fingerprint density at radius 1 is 1.05 bits per heavy atom. The van der Waals surface area contributed by atoms with Gasteiger partial charge in [0.25, 0.3) is 0 Å². The molecule has 0 aliphatic rings. The predicted molar refractivity (Wildman–Crippen MR) is 79.6 cm³/mol. The van der Waals surface area contributed by atoms with Crippen molar-refractivity contribution in [1.29, 1.82) is 0 Å². The molecule has 1 rings (SSSR count). The largest absolute Gasteiger partial charge is 0.491 e. The molecule has 19 heavy (non-hydrogen) atoms. The van der Waals surface area contributed by atoms with Gasteiger partial charge >= 0.3 is 0 Å². The predicted octanol–water partition coefficient (Wildman–Crippen LogP) is 3.24. The molecule has 0 amide bonds. The lowest BCUT2D eigenvalue weighted by molar-refractivity contribution is 0.101. The van der Waals surface area contributed by atoms with Crippen LogP contribution in [0.4, 0.5) is 0 Å². The molecular weight excluding hydrogens is 238 g/mol. The van der Waals surface area contributed by atoms with Crippen molar-refractivity contribution in [2.24, 2.45) is 5.92 Å². The molecule has 0 aliphatic carbocycles. The molecule has 0 radical (unpaired) electrons. The fourth-order valence-corrected chi connectivity index (χ4v) is 1.67. The number of nitrogens with one attached hydrogen (secondary N) is 1. The molecule has 0 fully saturated rings. The Morgan fingerprint density at radius 3 is 2.42 bits per heavy atom. The van der Waals surface area contributed by atoms with Crippen molar-refractivity contribution in [3.8, 4) is 5.75 Å². The van der Waals surface area contributed by atoms with Crippen LogP contribution < -0.4 is 10.1 Å². The normalized spacial score (nSPS) is 10.9. The number of hydrogen-bond donors (Lipinski definition) is 1. The Bertz CT molecular complexity index is 322. The SMILES string of the molecule is CCCOCCOc1ccc(CNCC(C)C)cc1. The van der Waals surface area contributed by atoms with Crippen LogP contribution >= 0.6 is 0 Å². The van der Waals surface area contributed by atoms with E-state index in [1.807, 2.05) is 12.1 Å². The summed E-state index contributed by atoms with van der Waals surface area (Å²) < 4.78 is 11.0. The fraction of sp³-hybridized carbons (Fsp3) is 0.625. The lowest BCUT2D eigenvalue weighted by Crippen LogP contribution is -2.18. The minimum atomic E-state index is 0.616. The highest BCUT2D eigenvalue weighted by Gasteiger charge is 1.97. The van der Waals surface area contributed by atoms with Crippen molar-refractivity contribution in [2.75, 3.05) is 26.4 Å². The molecule has 0 spiro atoms. The molecule has 108 valence electrons. The Balaban J connectivity index is 2.19. The van der Waals surface area contributed by atoms with Gasteiger partial charge in [-0.15, -0.1) is 0 Å². The van der Waals surface area contributed by atoms with Gasteiger partial charge < -0.3 is 14.8 Å². The summed E-state index contributed by atoms with van der Waals surface area (Å²) in [6.07, 6.45) is 1.05. The summed E-state index contributed by atoms with van der Waals surface area (Å²) in [5.41, 5.74) is 1.29. The minimum Gasteiger partial charge on any atom is -0.491 e. The average molecular weight is 265 g/mol. The molecule has 3 heteroatoms. The van der Waals surface area contributed by atoms with Gasteiger partial charge in [-0.3, -0.25) is 0 Å². The van der Waals surface area contributed by atoms with E-state index in [-0.39, 0.29) is 0 Å². The van der Waals surface area contributed by atoms with Gasteiger partial charge in [-0.1, -0.05) is 32.9 Å². The van der Waals surface area contributed by atoms with Gasteiger partial charge in [0.1, 0.15) is 12.4 Å². The molecule has 0 saturated heterocycles. The molecule has 1 aromatic carbocycles. The summed E-state index contributed by atoms with van der Waals surface area (Å²) in [6, 6.07) is 8.25. The Hall–Kier alpha value is -1.06. The van der Waals surface area contributed by atoms with Gasteiger partial charge in [-0.2, -0.15) is 0 Å². The van der Waals surface area contributed by atoms with Crippen molar-refractivity contribution in [1.82, 2.24) is 5.32 Å². The lowest BCUT2D eigenvalue weighted by Gasteiger charge is -2.09. The van der Waals surface area contributed by atoms with Gasteiger partial charge in [0, 0.05) is 13.2 Å². The number of benzene rings is 1. The van der Waals surface area contributed by atoms with Gasteiger partial charge in [0.15, 0.2) is 0 Å². The summed E-state index contributed by atoms with van der Waals surface area (Å²) in [5, 5.41) is 3.43. The van der Waals surface area contributed by atoms with Crippen LogP contribution in [0.1, 0.15) is 32.8 Å². The molecular formula is C16H27NO2. The van der Waals surface area contributed by atoms with Gasteiger partial charge in [-0.05, 0) is 36.6 Å². The van der Waals surface area contributed by atoms with E-state index >= 15 is 0 Å². The molecule has 0 bridgehead atoms. The molecule has 0 saturated carbocycles. The molecule has 3 nitrogen and oxygen atoms in total. The van der Waals surface area contributed by atoms with Crippen LogP contribution in [0.5, 0.6) is 5.75 Å². The van der Waals surface area contributed by atoms with Crippen molar-refractivity contribution < 1.29 is 9.47 Å². The minimum absolute atomic E-state index is 0.616. The van der Waals surface area contributed by atoms with Crippen LogP contribution in [0.2, 0.25) is 0 Å². The fourth-order valence-electron chi connectivity index (χ4n) is 1.67. The number of hydrogen-bond acceptors (Lipinski definition) is 3. The van der Waals surface area contributed by atoms with Crippen LogP contribution in [-0.2, 0) is 11.3 Å². The lowest BCUT2D eigenvalue weighted by atomic mass is 10.2. The van der Waals surface area contributed by atoms with Crippen molar-refractivity contribution in [2.45, 2.75) is 33.7 Å². The van der Waals surface area contributed by atoms with Crippen molar-refractivity contribution in [3.63, 3.8) is 0 Å². The zero-order chi connectivity index (χ0) is 13.9. The highest BCUT2D eigenvalue weighted by molar-refractivity contribution is 5.27. The Labute approximate surface area is 117 Å². The van der Waals surface area contributed by atoms with Crippen molar-refractivity contribution >= 4 is 0 Å². The molecule has 0 unspecified atom stereocenters. The van der Waals surface area contributed by atoms with E-state index < -0.39 is 0 Å². The second kappa shape index (κ2) is 9.82. The summed E-state index contributed by atoms with van der Waals surface area (Å²) in [4.78, 5) is 0. The second-order valence-electron chi connectivity index (χ2n) is 5.13. The van der Waals surface area contributed by atoms with Gasteiger partial charge in [-0.25, -0.2) is 0 Å². The Kier molecular flexibility index (Phi) is 8.26. The Morgan fingerprint density at radius 2 is 1.79 bits per heavy atom. The maximum Gasteiger partial charge on any atom is 0.119 e. The second-order valence-corrected chi connectivity index (χ2v) is 5.13. The standard InChI is InChI=1S/C16H27NO2/c1-4-9-18-10-11-19-16-7-5-15(6-8-16)13-17-12-14(2)3/h5-8,14,17H,4,9-13H2,1-3H3.